The Morgan fingerprint density at radius 1 is 1.20 bits per heavy atom. The lowest BCUT2D eigenvalue weighted by atomic mass is 10.1. The Morgan fingerprint density at radius 3 is 2.30 bits per heavy atom. The molecule has 10 heavy (non-hydrogen) atoms. The molecule has 0 bridgehead atoms. The Hall–Kier alpha value is -1.45. The highest BCUT2D eigenvalue weighted by Gasteiger charge is 2.11. The molecule has 4 N–H and O–H groups in total. The molecule has 0 fully saturated rings. The largest absolute Gasteiger partial charge is 0.397 e. The smallest absolute Gasteiger partial charge is 0.150 e. The molecular weight excluding hydrogens is 133 g/mol. The van der Waals surface area contributed by atoms with Crippen molar-refractivity contribution in [3.8, 4) is 0 Å². The Balaban J connectivity index is 3.03. The van der Waals surface area contributed by atoms with E-state index in [-0.39, 0.29) is 17.1 Å². The maximum Gasteiger partial charge on any atom is 0.150 e. The number of allylic oxidation sites excluding steroid dienone is 3. The first-order chi connectivity index (χ1) is 4.61. The van der Waals surface area contributed by atoms with Gasteiger partial charge in [-0.3, -0.25) is 10.8 Å². The molecule has 0 radical (unpaired) electrons. The third-order valence-corrected chi connectivity index (χ3v) is 1.14. The van der Waals surface area contributed by atoms with E-state index in [1.165, 1.54) is 0 Å². The van der Waals surface area contributed by atoms with Crippen molar-refractivity contribution in [1.29, 1.82) is 10.8 Å². The van der Waals surface area contributed by atoms with E-state index < -0.39 is 5.83 Å². The quantitative estimate of drug-likeness (QED) is 0.425. The fraction of sp³-hybridized carbons (Fsp3) is 0. The van der Waals surface area contributed by atoms with Crippen LogP contribution in [0.1, 0.15) is 0 Å². The van der Waals surface area contributed by atoms with Gasteiger partial charge in [0.05, 0.1) is 17.1 Å². The summed E-state index contributed by atoms with van der Waals surface area (Å²) in [6, 6.07) is 0. The lowest BCUT2D eigenvalue weighted by molar-refractivity contribution is 0.681. The second-order valence-corrected chi connectivity index (χ2v) is 1.92. The van der Waals surface area contributed by atoms with Gasteiger partial charge in [-0.2, -0.15) is 0 Å². The molecule has 0 heterocycles. The van der Waals surface area contributed by atoms with E-state index >= 15 is 0 Å². The summed E-state index contributed by atoms with van der Waals surface area (Å²) in [6.07, 6.45) is 2.05. The highest BCUT2D eigenvalue weighted by molar-refractivity contribution is 6.20. The van der Waals surface area contributed by atoms with Crippen molar-refractivity contribution in [1.82, 2.24) is 0 Å². The number of rotatable bonds is 0. The minimum atomic E-state index is -0.709. The highest BCUT2D eigenvalue weighted by Crippen LogP contribution is 2.08. The lowest BCUT2D eigenvalue weighted by Gasteiger charge is -2.05. The van der Waals surface area contributed by atoms with Crippen LogP contribution in [0, 0.1) is 10.8 Å². The van der Waals surface area contributed by atoms with Crippen molar-refractivity contribution < 1.29 is 4.39 Å². The summed E-state index contributed by atoms with van der Waals surface area (Å²) < 4.78 is 12.4. The van der Waals surface area contributed by atoms with E-state index in [0.717, 1.165) is 12.2 Å². The third kappa shape index (κ3) is 0.953. The summed E-state index contributed by atoms with van der Waals surface area (Å²) in [6.45, 7) is 0. The standard InChI is InChI=1S/C6H6FN3/c7-3-1-5(9)6(10)2-4(3)8/h1-2,8-9H,10H2. The monoisotopic (exact) mass is 139 g/mol. The number of hydrogen-bond acceptors (Lipinski definition) is 3. The molecule has 1 aliphatic rings. The van der Waals surface area contributed by atoms with E-state index in [2.05, 4.69) is 0 Å². The summed E-state index contributed by atoms with van der Waals surface area (Å²) in [4.78, 5) is 0. The fourth-order valence-electron chi connectivity index (χ4n) is 0.590. The summed E-state index contributed by atoms with van der Waals surface area (Å²) >= 11 is 0. The molecule has 4 heteroatoms. The zero-order valence-corrected chi connectivity index (χ0v) is 5.11. The van der Waals surface area contributed by atoms with Crippen LogP contribution in [0.25, 0.3) is 0 Å². The summed E-state index contributed by atoms with van der Waals surface area (Å²) in [7, 11) is 0. The van der Waals surface area contributed by atoms with E-state index in [0.29, 0.717) is 0 Å². The maximum atomic E-state index is 12.4. The zero-order chi connectivity index (χ0) is 7.72. The normalized spacial score (nSPS) is 18.5. The van der Waals surface area contributed by atoms with Gasteiger partial charge in [-0.05, 0) is 6.08 Å². The topological polar surface area (TPSA) is 73.7 Å². The molecule has 0 aromatic rings. The van der Waals surface area contributed by atoms with Crippen molar-refractivity contribution in [2.75, 3.05) is 0 Å². The van der Waals surface area contributed by atoms with Gasteiger partial charge < -0.3 is 5.73 Å². The molecule has 0 aromatic heterocycles. The van der Waals surface area contributed by atoms with Crippen molar-refractivity contribution >= 4 is 11.4 Å². The average molecular weight is 139 g/mol. The van der Waals surface area contributed by atoms with Crippen LogP contribution >= 0.6 is 0 Å². The second-order valence-electron chi connectivity index (χ2n) is 1.92. The number of hydrogen-bond donors (Lipinski definition) is 3. The molecule has 0 unspecified atom stereocenters. The molecule has 0 saturated carbocycles. The molecule has 1 aliphatic carbocycles. The number of nitrogens with two attached hydrogens (primary N) is 1. The van der Waals surface area contributed by atoms with Crippen LogP contribution < -0.4 is 5.73 Å². The lowest BCUT2D eigenvalue weighted by Crippen LogP contribution is -2.15. The molecule has 0 spiro atoms. The second kappa shape index (κ2) is 2.06. The Kier molecular flexibility index (Phi) is 1.37. The van der Waals surface area contributed by atoms with Gasteiger partial charge in [0.15, 0.2) is 0 Å². The molecule has 0 atom stereocenters. The molecule has 3 nitrogen and oxygen atoms in total. The van der Waals surface area contributed by atoms with E-state index in [1.807, 2.05) is 0 Å². The molecule has 0 aliphatic heterocycles. The van der Waals surface area contributed by atoms with Gasteiger partial charge in [0.25, 0.3) is 0 Å². The molecule has 0 saturated heterocycles. The molecular formula is C6H6FN3. The van der Waals surface area contributed by atoms with Gasteiger partial charge in [0.2, 0.25) is 0 Å². The fourth-order valence-corrected chi connectivity index (χ4v) is 0.590. The zero-order valence-electron chi connectivity index (χ0n) is 5.11. The van der Waals surface area contributed by atoms with Crippen LogP contribution in [-0.2, 0) is 0 Å². The van der Waals surface area contributed by atoms with E-state index in [1.54, 1.807) is 0 Å². The number of halogens is 1. The first-order valence-corrected chi connectivity index (χ1v) is 2.63. The maximum absolute atomic E-state index is 12.4. The van der Waals surface area contributed by atoms with Crippen LogP contribution in [-0.4, -0.2) is 11.4 Å². The third-order valence-electron chi connectivity index (χ3n) is 1.14. The molecule has 1 rings (SSSR count). The predicted octanol–water partition coefficient (Wildman–Crippen LogP) is 0.736. The number of nitrogens with one attached hydrogen (secondary N) is 2. The van der Waals surface area contributed by atoms with Gasteiger partial charge in [-0.15, -0.1) is 0 Å². The van der Waals surface area contributed by atoms with Gasteiger partial charge in [-0.1, -0.05) is 0 Å². The Labute approximate surface area is 57.1 Å². The first-order valence-electron chi connectivity index (χ1n) is 2.63. The van der Waals surface area contributed by atoms with Crippen molar-refractivity contribution in [3.63, 3.8) is 0 Å². The summed E-state index contributed by atoms with van der Waals surface area (Å²) in [5.74, 6) is -0.709. The van der Waals surface area contributed by atoms with E-state index in [9.17, 15) is 4.39 Å². The van der Waals surface area contributed by atoms with Gasteiger partial charge in [-0.25, -0.2) is 4.39 Å². The van der Waals surface area contributed by atoms with E-state index in [4.69, 9.17) is 16.6 Å². The predicted molar refractivity (Wildman–Crippen MR) is 36.9 cm³/mol. The van der Waals surface area contributed by atoms with Crippen molar-refractivity contribution in [3.05, 3.63) is 23.7 Å². The molecule has 52 valence electrons. The Morgan fingerprint density at radius 2 is 1.80 bits per heavy atom. The summed E-state index contributed by atoms with van der Waals surface area (Å²) in [5, 5.41) is 13.9. The van der Waals surface area contributed by atoms with Crippen LogP contribution in [0.3, 0.4) is 0 Å². The Bertz CT molecular complexity index is 234. The minimum Gasteiger partial charge on any atom is -0.397 e. The van der Waals surface area contributed by atoms with Gasteiger partial charge >= 0.3 is 0 Å². The van der Waals surface area contributed by atoms with Gasteiger partial charge in [0.1, 0.15) is 5.83 Å². The highest BCUT2D eigenvalue weighted by atomic mass is 19.1. The SMILES string of the molecule is N=C1C=C(F)C(=N)C=C1N. The average Bonchev–Trinajstić information content (AvgIpc) is 1.84. The van der Waals surface area contributed by atoms with Crippen LogP contribution in [0.2, 0.25) is 0 Å². The minimum absolute atomic E-state index is 0.0755. The van der Waals surface area contributed by atoms with Crippen LogP contribution in [0.4, 0.5) is 4.39 Å². The van der Waals surface area contributed by atoms with Gasteiger partial charge in [0, 0.05) is 6.08 Å². The molecule has 0 amide bonds. The van der Waals surface area contributed by atoms with Crippen LogP contribution in [0.5, 0.6) is 0 Å². The molecule has 0 aromatic carbocycles. The first kappa shape index (κ1) is 6.67. The van der Waals surface area contributed by atoms with Crippen LogP contribution in [0.15, 0.2) is 23.7 Å². The summed E-state index contributed by atoms with van der Waals surface area (Å²) in [5.41, 5.74) is 5.00. The van der Waals surface area contributed by atoms with Crippen molar-refractivity contribution in [2.24, 2.45) is 5.73 Å². The van der Waals surface area contributed by atoms with Crippen molar-refractivity contribution in [2.45, 2.75) is 0 Å².